The van der Waals surface area contributed by atoms with Crippen LogP contribution in [0.5, 0.6) is 0 Å². The zero-order valence-corrected chi connectivity index (χ0v) is 9.05. The van der Waals surface area contributed by atoms with Crippen molar-refractivity contribution in [2.24, 2.45) is 0 Å². The number of benzene rings is 1. The Bertz CT molecular complexity index is 356. The van der Waals surface area contributed by atoms with E-state index in [-0.39, 0.29) is 0 Å². The first-order valence-electron chi connectivity index (χ1n) is 5.06. The zero-order valence-electron chi connectivity index (χ0n) is 9.05. The Kier molecular flexibility index (Phi) is 4.66. The van der Waals surface area contributed by atoms with Gasteiger partial charge in [-0.1, -0.05) is 24.3 Å². The Labute approximate surface area is 93.9 Å². The van der Waals surface area contributed by atoms with Crippen LogP contribution in [0.2, 0.25) is 0 Å². The minimum absolute atomic E-state index is 0.308. The predicted octanol–water partition coefficient (Wildman–Crippen LogP) is 1.53. The lowest BCUT2D eigenvalue weighted by atomic mass is 10.1. The van der Waals surface area contributed by atoms with Crippen molar-refractivity contribution in [3.63, 3.8) is 0 Å². The van der Waals surface area contributed by atoms with Crippen molar-refractivity contribution >= 4 is 12.3 Å². The molecule has 4 nitrogen and oxygen atoms in total. The molecule has 1 rings (SSSR count). The molecular formula is C12H14O4. The molecule has 0 aliphatic carbocycles. The lowest BCUT2D eigenvalue weighted by Gasteiger charge is -2.12. The summed E-state index contributed by atoms with van der Waals surface area (Å²) in [4.78, 5) is 21.3. The molecule has 0 aliphatic rings. The van der Waals surface area contributed by atoms with Crippen LogP contribution in [0.15, 0.2) is 24.3 Å². The van der Waals surface area contributed by atoms with Crippen LogP contribution in [0, 0.1) is 0 Å². The highest BCUT2D eigenvalue weighted by Crippen LogP contribution is 2.08. The molecule has 1 atom stereocenters. The number of aldehydes is 1. The summed E-state index contributed by atoms with van der Waals surface area (Å²) in [6, 6.07) is 6.79. The summed E-state index contributed by atoms with van der Waals surface area (Å²) in [7, 11) is 0. The van der Waals surface area contributed by atoms with Crippen molar-refractivity contribution in [3.05, 3.63) is 35.4 Å². The average molecular weight is 222 g/mol. The van der Waals surface area contributed by atoms with E-state index in [1.165, 1.54) is 0 Å². The summed E-state index contributed by atoms with van der Waals surface area (Å²) in [5.74, 6) is -0.971. The van der Waals surface area contributed by atoms with Gasteiger partial charge in [0.15, 0.2) is 6.10 Å². The van der Waals surface area contributed by atoms with Gasteiger partial charge in [0.05, 0.1) is 0 Å². The van der Waals surface area contributed by atoms with E-state index in [0.29, 0.717) is 18.6 Å². The molecule has 1 aromatic rings. The van der Waals surface area contributed by atoms with E-state index in [9.17, 15) is 9.59 Å². The molecule has 4 heteroatoms. The molecule has 0 fully saturated rings. The van der Waals surface area contributed by atoms with Crippen LogP contribution in [-0.2, 0) is 16.0 Å². The highest BCUT2D eigenvalue weighted by Gasteiger charge is 2.17. The second-order valence-electron chi connectivity index (χ2n) is 3.35. The molecule has 86 valence electrons. The highest BCUT2D eigenvalue weighted by molar-refractivity contribution is 5.75. The summed E-state index contributed by atoms with van der Waals surface area (Å²) in [6.07, 6.45) is 0.232. The van der Waals surface area contributed by atoms with Crippen molar-refractivity contribution in [3.8, 4) is 0 Å². The zero-order chi connectivity index (χ0) is 12.0. The second kappa shape index (κ2) is 6.02. The van der Waals surface area contributed by atoms with E-state index in [2.05, 4.69) is 0 Å². The average Bonchev–Trinajstić information content (AvgIpc) is 2.29. The molecule has 0 spiro atoms. The first-order chi connectivity index (χ1) is 7.67. The molecule has 1 N–H and O–H groups in total. The molecule has 0 aliphatic heterocycles. The van der Waals surface area contributed by atoms with Gasteiger partial charge >= 0.3 is 5.97 Å². The van der Waals surface area contributed by atoms with Gasteiger partial charge < -0.3 is 9.84 Å². The third kappa shape index (κ3) is 3.47. The first-order valence-corrected chi connectivity index (χ1v) is 5.06. The number of hydrogen-bond donors (Lipinski definition) is 1. The first kappa shape index (κ1) is 12.4. The van der Waals surface area contributed by atoms with E-state index in [1.54, 1.807) is 31.2 Å². The molecule has 16 heavy (non-hydrogen) atoms. The molecule has 1 aromatic carbocycles. The van der Waals surface area contributed by atoms with Gasteiger partial charge in [0.2, 0.25) is 0 Å². The number of ether oxygens (including phenoxy) is 1. The number of carbonyl (C=O) groups is 2. The maximum absolute atomic E-state index is 10.8. The summed E-state index contributed by atoms with van der Waals surface area (Å²) in [5, 5.41) is 8.89. The maximum atomic E-state index is 10.8. The smallest absolute Gasteiger partial charge is 0.333 e. The molecule has 0 radical (unpaired) electrons. The van der Waals surface area contributed by atoms with E-state index >= 15 is 0 Å². The number of aliphatic carboxylic acids is 1. The van der Waals surface area contributed by atoms with Gasteiger partial charge in [-0.3, -0.25) is 4.79 Å². The number of carboxylic acids is 1. The van der Waals surface area contributed by atoms with Gasteiger partial charge in [-0.2, -0.15) is 0 Å². The molecule has 0 aromatic heterocycles. The van der Waals surface area contributed by atoms with Crippen molar-refractivity contribution in [1.82, 2.24) is 0 Å². The standard InChI is InChI=1S/C12H14O4/c1-2-16-11(12(14)15)7-9-3-5-10(8-13)6-4-9/h3-6,8,11H,2,7H2,1H3,(H,14,15). The Morgan fingerprint density at radius 3 is 2.50 bits per heavy atom. The SMILES string of the molecule is CCOC(Cc1ccc(C=O)cc1)C(=O)O. The third-order valence-corrected chi connectivity index (χ3v) is 2.18. The maximum Gasteiger partial charge on any atom is 0.333 e. The highest BCUT2D eigenvalue weighted by atomic mass is 16.5. The second-order valence-corrected chi connectivity index (χ2v) is 3.35. The molecule has 0 bridgehead atoms. The lowest BCUT2D eigenvalue weighted by molar-refractivity contribution is -0.149. The number of carbonyl (C=O) groups excluding carboxylic acids is 1. The largest absolute Gasteiger partial charge is 0.479 e. The van der Waals surface area contributed by atoms with Gasteiger partial charge in [-0.15, -0.1) is 0 Å². The quantitative estimate of drug-likeness (QED) is 0.741. The fourth-order valence-corrected chi connectivity index (χ4v) is 1.37. The van der Waals surface area contributed by atoms with E-state index < -0.39 is 12.1 Å². The Morgan fingerprint density at radius 2 is 2.06 bits per heavy atom. The molecule has 0 saturated carbocycles. The molecule has 0 saturated heterocycles. The van der Waals surface area contributed by atoms with Crippen LogP contribution in [-0.4, -0.2) is 30.1 Å². The van der Waals surface area contributed by atoms with Crippen molar-refractivity contribution < 1.29 is 19.4 Å². The van der Waals surface area contributed by atoms with Crippen LogP contribution in [0.3, 0.4) is 0 Å². The predicted molar refractivity (Wildman–Crippen MR) is 58.6 cm³/mol. The molecule has 0 heterocycles. The summed E-state index contributed by atoms with van der Waals surface area (Å²) in [6.45, 7) is 2.12. The van der Waals surface area contributed by atoms with Gasteiger partial charge in [0.25, 0.3) is 0 Å². The fraction of sp³-hybridized carbons (Fsp3) is 0.333. The fourth-order valence-electron chi connectivity index (χ4n) is 1.37. The van der Waals surface area contributed by atoms with E-state index in [4.69, 9.17) is 9.84 Å². The van der Waals surface area contributed by atoms with E-state index in [0.717, 1.165) is 11.8 Å². The Balaban J connectivity index is 2.69. The summed E-state index contributed by atoms with van der Waals surface area (Å²) in [5.41, 5.74) is 1.42. The van der Waals surface area contributed by atoms with Crippen LogP contribution >= 0.6 is 0 Å². The third-order valence-electron chi connectivity index (χ3n) is 2.18. The lowest BCUT2D eigenvalue weighted by Crippen LogP contribution is -2.26. The van der Waals surface area contributed by atoms with Gasteiger partial charge in [0.1, 0.15) is 6.29 Å². The summed E-state index contributed by atoms with van der Waals surface area (Å²) < 4.78 is 5.09. The minimum Gasteiger partial charge on any atom is -0.479 e. The number of rotatable bonds is 6. The van der Waals surface area contributed by atoms with Crippen molar-refractivity contribution in [2.75, 3.05) is 6.61 Å². The van der Waals surface area contributed by atoms with E-state index in [1.807, 2.05) is 0 Å². The van der Waals surface area contributed by atoms with Crippen LogP contribution < -0.4 is 0 Å². The number of carboxylic acid groups (broad SMARTS) is 1. The minimum atomic E-state index is -0.971. The van der Waals surface area contributed by atoms with Crippen LogP contribution in [0.4, 0.5) is 0 Å². The number of hydrogen-bond acceptors (Lipinski definition) is 3. The van der Waals surface area contributed by atoms with Crippen molar-refractivity contribution in [2.45, 2.75) is 19.4 Å². The van der Waals surface area contributed by atoms with Crippen LogP contribution in [0.1, 0.15) is 22.8 Å². The van der Waals surface area contributed by atoms with Gasteiger partial charge in [-0.25, -0.2) is 4.79 Å². The van der Waals surface area contributed by atoms with Gasteiger partial charge in [-0.05, 0) is 12.5 Å². The monoisotopic (exact) mass is 222 g/mol. The van der Waals surface area contributed by atoms with Crippen LogP contribution in [0.25, 0.3) is 0 Å². The topological polar surface area (TPSA) is 63.6 Å². The van der Waals surface area contributed by atoms with Crippen molar-refractivity contribution in [1.29, 1.82) is 0 Å². The Morgan fingerprint density at radius 1 is 1.44 bits per heavy atom. The molecular weight excluding hydrogens is 208 g/mol. The Hall–Kier alpha value is -1.68. The molecule has 1 unspecified atom stereocenters. The summed E-state index contributed by atoms with van der Waals surface area (Å²) >= 11 is 0. The normalized spacial score (nSPS) is 12.1. The van der Waals surface area contributed by atoms with Gasteiger partial charge in [0, 0.05) is 18.6 Å². The molecule has 0 amide bonds.